The summed E-state index contributed by atoms with van der Waals surface area (Å²) in [6.07, 6.45) is 0. The van der Waals surface area contributed by atoms with E-state index in [1.54, 1.807) is 0 Å². The van der Waals surface area contributed by atoms with Crippen molar-refractivity contribution in [1.82, 2.24) is 0 Å². The minimum Gasteiger partial charge on any atom is -0.456 e. The van der Waals surface area contributed by atoms with E-state index in [-0.39, 0.29) is 27.1 Å². The SMILES string of the molecule is CC(C)(C)c1cc(-c2cc3c(c4ccccc24)-c2cc4c(cc2C3(C)C)-c2cc3c(cc2C4(C)C)-c2c(cc(-c4cc(C(C)(C)C)c5oc6ccccc6c5c4)c4ccccc24)C3(C)C)cc2c1oc1ccccc12. The summed E-state index contributed by atoms with van der Waals surface area (Å²) in [6, 6.07) is 60.4. The molecule has 0 spiro atoms. The fourth-order valence-corrected chi connectivity index (χ4v) is 14.4. The van der Waals surface area contributed by atoms with Gasteiger partial charge in [-0.3, -0.25) is 0 Å². The Morgan fingerprint density at radius 2 is 0.600 bits per heavy atom. The third-order valence-corrected chi connectivity index (χ3v) is 18.5. The van der Waals surface area contributed by atoms with Crippen molar-refractivity contribution in [2.45, 2.75) is 110 Å². The molecule has 0 amide bonds. The van der Waals surface area contributed by atoms with Gasteiger partial charge in [0.1, 0.15) is 22.3 Å². The first-order chi connectivity index (χ1) is 35.7. The van der Waals surface area contributed by atoms with Gasteiger partial charge < -0.3 is 8.83 Å². The van der Waals surface area contributed by atoms with Crippen LogP contribution < -0.4 is 0 Å². The molecule has 12 aromatic rings. The van der Waals surface area contributed by atoms with E-state index in [9.17, 15) is 0 Å². The molecule has 0 fully saturated rings. The first-order valence-corrected chi connectivity index (χ1v) is 27.1. The molecule has 3 aliphatic carbocycles. The maximum Gasteiger partial charge on any atom is 0.139 e. The van der Waals surface area contributed by atoms with Crippen LogP contribution in [0.3, 0.4) is 0 Å². The van der Waals surface area contributed by atoms with Gasteiger partial charge in [-0.05, 0) is 194 Å². The normalized spacial score (nSPS) is 15.8. The number of furan rings is 2. The van der Waals surface area contributed by atoms with Crippen molar-refractivity contribution in [1.29, 1.82) is 0 Å². The summed E-state index contributed by atoms with van der Waals surface area (Å²) in [5.74, 6) is 0. The van der Waals surface area contributed by atoms with Gasteiger partial charge in [0.05, 0.1) is 0 Å². The molecule has 366 valence electrons. The molecule has 2 heteroatoms. The topological polar surface area (TPSA) is 26.3 Å². The molecule has 0 N–H and O–H groups in total. The van der Waals surface area contributed by atoms with Crippen molar-refractivity contribution >= 4 is 65.4 Å². The van der Waals surface area contributed by atoms with Crippen LogP contribution in [0.1, 0.15) is 128 Å². The third-order valence-electron chi connectivity index (χ3n) is 18.5. The van der Waals surface area contributed by atoms with Crippen LogP contribution >= 0.6 is 0 Å². The molecule has 0 radical (unpaired) electrons. The molecule has 10 aromatic carbocycles. The minimum atomic E-state index is -0.245. The van der Waals surface area contributed by atoms with Gasteiger partial charge in [-0.2, -0.15) is 0 Å². The number of hydrogen-bond acceptors (Lipinski definition) is 2. The summed E-state index contributed by atoms with van der Waals surface area (Å²) in [5.41, 5.74) is 27.1. The van der Waals surface area contributed by atoms with E-state index in [2.05, 4.69) is 241 Å². The van der Waals surface area contributed by atoms with Crippen molar-refractivity contribution in [3.8, 4) is 55.6 Å². The van der Waals surface area contributed by atoms with Crippen LogP contribution in [-0.2, 0) is 27.1 Å². The van der Waals surface area contributed by atoms with E-state index < -0.39 is 0 Å². The van der Waals surface area contributed by atoms with Gasteiger partial charge in [-0.1, -0.05) is 168 Å². The van der Waals surface area contributed by atoms with Gasteiger partial charge in [-0.25, -0.2) is 0 Å². The summed E-state index contributed by atoms with van der Waals surface area (Å²) in [7, 11) is 0. The van der Waals surface area contributed by atoms with Crippen molar-refractivity contribution in [2.75, 3.05) is 0 Å². The van der Waals surface area contributed by atoms with Crippen LogP contribution in [-0.4, -0.2) is 0 Å². The van der Waals surface area contributed by atoms with Gasteiger partial charge >= 0.3 is 0 Å². The Kier molecular flexibility index (Phi) is 8.58. The van der Waals surface area contributed by atoms with E-state index in [0.29, 0.717) is 0 Å². The molecule has 2 aromatic heterocycles. The molecule has 0 bridgehead atoms. The monoisotopic (exact) mass is 970 g/mol. The molecular formula is C73H62O2. The average Bonchev–Trinajstić information content (AvgIpc) is 4.27. The number of fused-ring (bicyclic) bond motifs is 19. The second kappa shape index (κ2) is 14.4. The lowest BCUT2D eigenvalue weighted by atomic mass is 9.78. The summed E-state index contributed by atoms with van der Waals surface area (Å²) in [4.78, 5) is 0. The molecule has 0 saturated carbocycles. The highest BCUT2D eigenvalue weighted by Crippen LogP contribution is 2.62. The van der Waals surface area contributed by atoms with Crippen LogP contribution in [0.15, 0.2) is 167 Å². The first kappa shape index (κ1) is 44.8. The number of benzene rings is 10. The van der Waals surface area contributed by atoms with Gasteiger partial charge in [0.15, 0.2) is 0 Å². The molecule has 15 rings (SSSR count). The van der Waals surface area contributed by atoms with E-state index in [0.717, 1.165) is 22.3 Å². The Morgan fingerprint density at radius 3 is 0.987 bits per heavy atom. The van der Waals surface area contributed by atoms with Crippen LogP contribution in [0, 0.1) is 0 Å². The number of para-hydroxylation sites is 2. The second-order valence-corrected chi connectivity index (χ2v) is 26.0. The smallest absolute Gasteiger partial charge is 0.139 e. The largest absolute Gasteiger partial charge is 0.456 e. The van der Waals surface area contributed by atoms with Crippen LogP contribution in [0.4, 0.5) is 0 Å². The van der Waals surface area contributed by atoms with Gasteiger partial charge in [0.2, 0.25) is 0 Å². The molecule has 0 atom stereocenters. The fraction of sp³-hybridized carbons (Fsp3) is 0.233. The Morgan fingerprint density at radius 1 is 0.293 bits per heavy atom. The number of rotatable bonds is 2. The molecule has 2 nitrogen and oxygen atoms in total. The van der Waals surface area contributed by atoms with Crippen LogP contribution in [0.2, 0.25) is 0 Å². The Bertz CT molecular complexity index is 4270. The highest BCUT2D eigenvalue weighted by molar-refractivity contribution is 6.15. The molecule has 2 heterocycles. The lowest BCUT2D eigenvalue weighted by molar-refractivity contribution is 0.572. The third kappa shape index (κ3) is 5.86. The maximum absolute atomic E-state index is 6.64. The first-order valence-electron chi connectivity index (χ1n) is 27.1. The average molecular weight is 971 g/mol. The Labute approximate surface area is 440 Å². The second-order valence-electron chi connectivity index (χ2n) is 26.0. The highest BCUT2D eigenvalue weighted by Gasteiger charge is 2.46. The zero-order valence-corrected chi connectivity index (χ0v) is 45.3. The van der Waals surface area contributed by atoms with E-state index in [1.165, 1.54) is 143 Å². The lowest BCUT2D eigenvalue weighted by Crippen LogP contribution is -2.17. The summed E-state index contributed by atoms with van der Waals surface area (Å²) in [6.45, 7) is 28.6. The summed E-state index contributed by atoms with van der Waals surface area (Å²) >= 11 is 0. The zero-order chi connectivity index (χ0) is 51.6. The standard InChI is InChI=1S/C73H62O2/c1-69(2,3)61-31-39(29-51-43-23-17-19-27-63(43)74-67(51)61)47-33-59-65(45-25-15-13-21-41(45)47)53-37-55-49(35-57(53)72(59,9)10)50-36-58-54(38-56(50)71(55,7)8)66-46-26-16-14-22-42(46)48(34-60(66)73(58,11)12)40-30-52-44-24-18-20-28-64(44)75-68(52)62(32-40)70(4,5)6/h13-38H,1-12H3. The van der Waals surface area contributed by atoms with E-state index in [4.69, 9.17) is 8.83 Å². The Hall–Kier alpha value is -7.68. The van der Waals surface area contributed by atoms with E-state index in [1.807, 2.05) is 0 Å². The molecular weight excluding hydrogens is 909 g/mol. The van der Waals surface area contributed by atoms with Gasteiger partial charge in [0, 0.05) is 48.9 Å². The van der Waals surface area contributed by atoms with Crippen molar-refractivity contribution < 1.29 is 8.83 Å². The molecule has 0 aliphatic heterocycles. The van der Waals surface area contributed by atoms with Crippen LogP contribution in [0.25, 0.3) is 121 Å². The van der Waals surface area contributed by atoms with Gasteiger partial charge in [-0.15, -0.1) is 0 Å². The molecule has 3 aliphatic rings. The number of hydrogen-bond donors (Lipinski definition) is 0. The molecule has 75 heavy (non-hydrogen) atoms. The maximum atomic E-state index is 6.64. The zero-order valence-electron chi connectivity index (χ0n) is 45.3. The van der Waals surface area contributed by atoms with Crippen molar-refractivity contribution in [2.24, 2.45) is 0 Å². The molecule has 0 saturated heterocycles. The van der Waals surface area contributed by atoms with Crippen LogP contribution in [0.5, 0.6) is 0 Å². The lowest BCUT2D eigenvalue weighted by Gasteiger charge is -2.25. The quantitative estimate of drug-likeness (QED) is 0.173. The van der Waals surface area contributed by atoms with E-state index >= 15 is 0 Å². The predicted molar refractivity (Wildman–Crippen MR) is 317 cm³/mol. The van der Waals surface area contributed by atoms with Gasteiger partial charge in [0.25, 0.3) is 0 Å². The molecule has 0 unspecified atom stereocenters. The fourth-order valence-electron chi connectivity index (χ4n) is 14.4. The Balaban J connectivity index is 0.900. The highest BCUT2D eigenvalue weighted by atomic mass is 16.3. The van der Waals surface area contributed by atoms with Crippen molar-refractivity contribution in [3.05, 3.63) is 202 Å². The predicted octanol–water partition coefficient (Wildman–Crippen LogP) is 20.6. The van der Waals surface area contributed by atoms with Crippen molar-refractivity contribution in [3.63, 3.8) is 0 Å². The summed E-state index contributed by atoms with van der Waals surface area (Å²) in [5, 5.41) is 9.89. The minimum absolute atomic E-state index is 0.119. The summed E-state index contributed by atoms with van der Waals surface area (Å²) < 4.78 is 13.3.